The van der Waals surface area contributed by atoms with Crippen molar-refractivity contribution in [3.8, 4) is 0 Å². The fraction of sp³-hybridized carbons (Fsp3) is 0.917. The van der Waals surface area contributed by atoms with Crippen molar-refractivity contribution >= 4 is 5.84 Å². The average Bonchev–Trinajstić information content (AvgIpc) is 2.98. The lowest BCUT2D eigenvalue weighted by Gasteiger charge is -2.28. The zero-order valence-corrected chi connectivity index (χ0v) is 10.7. The van der Waals surface area contributed by atoms with Gasteiger partial charge in [-0.15, -0.1) is 0 Å². The number of hydrogen-bond acceptors (Lipinski definition) is 3. The summed E-state index contributed by atoms with van der Waals surface area (Å²) in [5, 5.41) is 11.7. The van der Waals surface area contributed by atoms with Crippen LogP contribution >= 0.6 is 0 Å². The van der Waals surface area contributed by atoms with Crippen molar-refractivity contribution in [2.45, 2.75) is 52.0 Å². The first-order valence-electron chi connectivity index (χ1n) is 6.19. The van der Waals surface area contributed by atoms with Gasteiger partial charge in [0.2, 0.25) is 0 Å². The SMILES string of the molecule is CCCC(C)N(C)CC1(CC(N)=NO)CC1. The Kier molecular flexibility index (Phi) is 4.59. The summed E-state index contributed by atoms with van der Waals surface area (Å²) in [4.78, 5) is 2.40. The third kappa shape index (κ3) is 3.67. The van der Waals surface area contributed by atoms with Crippen LogP contribution in [0.2, 0.25) is 0 Å². The molecule has 0 aromatic carbocycles. The van der Waals surface area contributed by atoms with Gasteiger partial charge in [-0.25, -0.2) is 0 Å². The topological polar surface area (TPSA) is 61.8 Å². The normalized spacial score (nSPS) is 21.1. The van der Waals surface area contributed by atoms with Crippen LogP contribution in [-0.4, -0.2) is 35.6 Å². The van der Waals surface area contributed by atoms with E-state index in [0.717, 1.165) is 13.0 Å². The maximum atomic E-state index is 8.60. The van der Waals surface area contributed by atoms with E-state index in [1.165, 1.54) is 25.7 Å². The minimum absolute atomic E-state index is 0.285. The van der Waals surface area contributed by atoms with Crippen LogP contribution in [0.1, 0.15) is 46.0 Å². The second kappa shape index (κ2) is 5.53. The van der Waals surface area contributed by atoms with Gasteiger partial charge in [0.1, 0.15) is 5.84 Å². The van der Waals surface area contributed by atoms with Crippen molar-refractivity contribution in [2.75, 3.05) is 13.6 Å². The van der Waals surface area contributed by atoms with Gasteiger partial charge in [-0.3, -0.25) is 0 Å². The average molecular weight is 227 g/mol. The fourth-order valence-corrected chi connectivity index (χ4v) is 2.31. The molecule has 0 radical (unpaired) electrons. The van der Waals surface area contributed by atoms with E-state index in [4.69, 9.17) is 10.9 Å². The van der Waals surface area contributed by atoms with Crippen LogP contribution in [0.25, 0.3) is 0 Å². The van der Waals surface area contributed by atoms with Gasteiger partial charge >= 0.3 is 0 Å². The zero-order valence-electron chi connectivity index (χ0n) is 10.7. The zero-order chi connectivity index (χ0) is 12.2. The summed E-state index contributed by atoms with van der Waals surface area (Å²) < 4.78 is 0. The van der Waals surface area contributed by atoms with Gasteiger partial charge < -0.3 is 15.8 Å². The maximum Gasteiger partial charge on any atom is 0.139 e. The molecule has 3 N–H and O–H groups in total. The van der Waals surface area contributed by atoms with Crippen molar-refractivity contribution in [3.05, 3.63) is 0 Å². The van der Waals surface area contributed by atoms with Crippen LogP contribution in [0.15, 0.2) is 5.16 Å². The van der Waals surface area contributed by atoms with Crippen LogP contribution in [0.4, 0.5) is 0 Å². The molecule has 1 rings (SSSR count). The largest absolute Gasteiger partial charge is 0.409 e. The first kappa shape index (κ1) is 13.3. The lowest BCUT2D eigenvalue weighted by Crippen LogP contribution is -2.36. The second-order valence-electron chi connectivity index (χ2n) is 5.32. The summed E-state index contributed by atoms with van der Waals surface area (Å²) in [5.74, 6) is 0.369. The summed E-state index contributed by atoms with van der Waals surface area (Å²) in [6.07, 6.45) is 5.58. The van der Waals surface area contributed by atoms with Gasteiger partial charge in [0.05, 0.1) is 0 Å². The highest BCUT2D eigenvalue weighted by molar-refractivity contribution is 5.80. The number of nitrogens with zero attached hydrogens (tertiary/aromatic N) is 2. The number of nitrogens with two attached hydrogens (primary N) is 1. The number of hydrogen-bond donors (Lipinski definition) is 2. The highest BCUT2D eigenvalue weighted by atomic mass is 16.4. The Morgan fingerprint density at radius 1 is 1.56 bits per heavy atom. The molecule has 0 saturated heterocycles. The molecule has 4 nitrogen and oxygen atoms in total. The molecule has 0 amide bonds. The quantitative estimate of drug-likeness (QED) is 0.303. The van der Waals surface area contributed by atoms with E-state index in [9.17, 15) is 0 Å². The number of amidine groups is 1. The molecule has 16 heavy (non-hydrogen) atoms. The van der Waals surface area contributed by atoms with Crippen LogP contribution < -0.4 is 5.73 Å². The first-order chi connectivity index (χ1) is 7.53. The predicted molar refractivity (Wildman–Crippen MR) is 66.7 cm³/mol. The third-order valence-electron chi connectivity index (χ3n) is 3.69. The van der Waals surface area contributed by atoms with Crippen molar-refractivity contribution in [1.29, 1.82) is 0 Å². The molecule has 0 aromatic heterocycles. The van der Waals surface area contributed by atoms with Crippen molar-refractivity contribution < 1.29 is 5.21 Å². The van der Waals surface area contributed by atoms with E-state index in [0.29, 0.717) is 11.9 Å². The summed E-state index contributed by atoms with van der Waals surface area (Å²) in [6.45, 7) is 5.54. The van der Waals surface area contributed by atoms with Gasteiger partial charge in [0.15, 0.2) is 0 Å². The smallest absolute Gasteiger partial charge is 0.139 e. The Balaban J connectivity index is 2.41. The van der Waals surface area contributed by atoms with E-state index in [1.807, 2.05) is 0 Å². The van der Waals surface area contributed by atoms with Crippen LogP contribution in [0.5, 0.6) is 0 Å². The van der Waals surface area contributed by atoms with E-state index >= 15 is 0 Å². The lowest BCUT2D eigenvalue weighted by molar-refractivity contribution is 0.199. The minimum Gasteiger partial charge on any atom is -0.409 e. The van der Waals surface area contributed by atoms with Gasteiger partial charge in [0.25, 0.3) is 0 Å². The highest BCUT2D eigenvalue weighted by Gasteiger charge is 2.44. The van der Waals surface area contributed by atoms with Crippen molar-refractivity contribution in [2.24, 2.45) is 16.3 Å². The van der Waals surface area contributed by atoms with Gasteiger partial charge in [-0.2, -0.15) is 0 Å². The molecule has 1 saturated carbocycles. The second-order valence-corrected chi connectivity index (χ2v) is 5.32. The van der Waals surface area contributed by atoms with Gasteiger partial charge in [0, 0.05) is 19.0 Å². The van der Waals surface area contributed by atoms with E-state index in [2.05, 4.69) is 31.0 Å². The van der Waals surface area contributed by atoms with Crippen LogP contribution in [0.3, 0.4) is 0 Å². The van der Waals surface area contributed by atoms with Crippen LogP contribution in [-0.2, 0) is 0 Å². The lowest BCUT2D eigenvalue weighted by atomic mass is 10.00. The molecule has 0 aromatic rings. The Morgan fingerprint density at radius 3 is 2.62 bits per heavy atom. The van der Waals surface area contributed by atoms with E-state index < -0.39 is 0 Å². The monoisotopic (exact) mass is 227 g/mol. The Labute approximate surface area is 98.5 Å². The Hall–Kier alpha value is -0.770. The summed E-state index contributed by atoms with van der Waals surface area (Å²) in [6, 6.07) is 0.620. The minimum atomic E-state index is 0.285. The molecule has 0 heterocycles. The Morgan fingerprint density at radius 2 is 2.19 bits per heavy atom. The van der Waals surface area contributed by atoms with Gasteiger partial charge in [-0.05, 0) is 38.6 Å². The van der Waals surface area contributed by atoms with Gasteiger partial charge in [-0.1, -0.05) is 18.5 Å². The first-order valence-corrected chi connectivity index (χ1v) is 6.19. The molecular formula is C12H25N3O. The highest BCUT2D eigenvalue weighted by Crippen LogP contribution is 2.49. The molecule has 1 aliphatic carbocycles. The molecule has 94 valence electrons. The molecule has 1 atom stereocenters. The standard InChI is InChI=1S/C12H25N3O/c1-4-5-10(2)15(3)9-12(6-7-12)8-11(13)14-16/h10,16H,4-9H2,1-3H3,(H2,13,14). The maximum absolute atomic E-state index is 8.60. The summed E-state index contributed by atoms with van der Waals surface area (Å²) in [5.41, 5.74) is 5.88. The van der Waals surface area contributed by atoms with E-state index in [1.54, 1.807) is 0 Å². The molecular weight excluding hydrogens is 202 g/mol. The fourth-order valence-electron chi connectivity index (χ4n) is 2.31. The van der Waals surface area contributed by atoms with Crippen molar-refractivity contribution in [3.63, 3.8) is 0 Å². The van der Waals surface area contributed by atoms with Crippen molar-refractivity contribution in [1.82, 2.24) is 4.90 Å². The van der Waals surface area contributed by atoms with E-state index in [-0.39, 0.29) is 5.41 Å². The molecule has 0 bridgehead atoms. The molecule has 1 fully saturated rings. The molecule has 0 spiro atoms. The number of rotatable bonds is 7. The summed E-state index contributed by atoms with van der Waals surface area (Å²) >= 11 is 0. The summed E-state index contributed by atoms with van der Waals surface area (Å²) in [7, 11) is 2.17. The third-order valence-corrected chi connectivity index (χ3v) is 3.69. The molecule has 1 unspecified atom stereocenters. The Bertz CT molecular complexity index is 249. The molecule has 4 heteroatoms. The predicted octanol–water partition coefficient (Wildman–Crippen LogP) is 2.02. The molecule has 1 aliphatic rings. The number of oxime groups is 1. The molecule has 0 aliphatic heterocycles. The van der Waals surface area contributed by atoms with Crippen LogP contribution in [0, 0.1) is 5.41 Å².